The van der Waals surface area contributed by atoms with E-state index >= 15 is 0 Å². The Morgan fingerprint density at radius 2 is 1.30 bits per heavy atom. The number of nitrogens with two attached hydrogens (primary N) is 2. The summed E-state index contributed by atoms with van der Waals surface area (Å²) in [4.78, 5) is 12.8. The van der Waals surface area contributed by atoms with Crippen molar-refractivity contribution in [2.45, 2.75) is 168 Å². The standard InChI is InChI=1S/C33H69N3O7/c1-7-9-11-13-15-17-19-21-39-26-29(36-32(38)43-33(4,5)6)31(41-25-28(37)23-34)42-30(24-35)27(3)40-22-20-18-16-14-12-10-8-2/h27-31,37H,7-26,34-35H2,1-6H3,(H,36,38)/t27-,28?,29-,30?,31?/m0/s1. The van der Waals surface area contributed by atoms with Gasteiger partial charge >= 0.3 is 6.09 Å². The number of alkyl carbamates (subject to hydrolysis) is 1. The monoisotopic (exact) mass is 620 g/mol. The third-order valence-electron chi connectivity index (χ3n) is 7.14. The minimum absolute atomic E-state index is 0.0317. The highest BCUT2D eigenvalue weighted by Gasteiger charge is 2.32. The Balaban J connectivity index is 5.26. The molecule has 0 rings (SSSR count). The topological polar surface area (TPSA) is 148 Å². The van der Waals surface area contributed by atoms with Crippen molar-refractivity contribution >= 4 is 6.09 Å². The fourth-order valence-electron chi connectivity index (χ4n) is 4.51. The van der Waals surface area contributed by atoms with Gasteiger partial charge in [0.2, 0.25) is 0 Å². The molecule has 6 N–H and O–H groups in total. The van der Waals surface area contributed by atoms with Crippen LogP contribution in [0.1, 0.15) is 131 Å². The number of nitrogens with one attached hydrogen (secondary N) is 1. The van der Waals surface area contributed by atoms with Crippen LogP contribution in [0.2, 0.25) is 0 Å². The third-order valence-corrected chi connectivity index (χ3v) is 7.14. The molecule has 0 fully saturated rings. The summed E-state index contributed by atoms with van der Waals surface area (Å²) in [6.07, 6.45) is 13.4. The maximum Gasteiger partial charge on any atom is 0.408 e. The van der Waals surface area contributed by atoms with Crippen molar-refractivity contribution in [1.82, 2.24) is 5.32 Å². The van der Waals surface area contributed by atoms with E-state index in [1.54, 1.807) is 20.8 Å². The molecule has 0 aromatic carbocycles. The van der Waals surface area contributed by atoms with E-state index in [9.17, 15) is 9.90 Å². The second-order valence-electron chi connectivity index (χ2n) is 12.6. The quantitative estimate of drug-likeness (QED) is 0.0601. The summed E-state index contributed by atoms with van der Waals surface area (Å²) in [5, 5.41) is 13.0. The molecule has 3 unspecified atom stereocenters. The SMILES string of the molecule is CCCCCCCCCOC[C@H](NC(=O)OC(C)(C)C)C(OCC(O)CN)OC(CN)[C@H](C)OCCCCCCCCC. The van der Waals surface area contributed by atoms with E-state index < -0.39 is 36.2 Å². The number of amides is 1. The fraction of sp³-hybridized carbons (Fsp3) is 0.970. The molecule has 1 amide bonds. The van der Waals surface area contributed by atoms with E-state index in [1.165, 1.54) is 64.2 Å². The van der Waals surface area contributed by atoms with Crippen LogP contribution in [0, 0.1) is 0 Å². The molecule has 258 valence electrons. The van der Waals surface area contributed by atoms with E-state index in [0.717, 1.165) is 25.7 Å². The molecule has 0 aliphatic carbocycles. The lowest BCUT2D eigenvalue weighted by molar-refractivity contribution is -0.218. The predicted molar refractivity (Wildman–Crippen MR) is 174 cm³/mol. The number of carbonyl (C=O) groups excluding carboxylic acids is 1. The average Bonchev–Trinajstić information content (AvgIpc) is 2.96. The van der Waals surface area contributed by atoms with Crippen LogP contribution in [0.3, 0.4) is 0 Å². The van der Waals surface area contributed by atoms with Gasteiger partial charge in [-0.1, -0.05) is 90.9 Å². The summed E-state index contributed by atoms with van der Waals surface area (Å²) in [5.41, 5.74) is 11.0. The number of hydrogen-bond donors (Lipinski definition) is 4. The van der Waals surface area contributed by atoms with Crippen LogP contribution in [0.4, 0.5) is 4.79 Å². The second-order valence-corrected chi connectivity index (χ2v) is 12.6. The van der Waals surface area contributed by atoms with Gasteiger partial charge in [-0.3, -0.25) is 0 Å². The summed E-state index contributed by atoms with van der Waals surface area (Å²) >= 11 is 0. The van der Waals surface area contributed by atoms with E-state index in [1.807, 2.05) is 6.92 Å². The van der Waals surface area contributed by atoms with Crippen LogP contribution in [0.25, 0.3) is 0 Å². The molecule has 0 saturated heterocycles. The van der Waals surface area contributed by atoms with E-state index in [-0.39, 0.29) is 32.4 Å². The lowest BCUT2D eigenvalue weighted by Crippen LogP contribution is -2.53. The fourth-order valence-corrected chi connectivity index (χ4v) is 4.51. The van der Waals surface area contributed by atoms with Crippen LogP contribution in [-0.2, 0) is 23.7 Å². The number of aliphatic hydroxyl groups excluding tert-OH is 1. The van der Waals surface area contributed by atoms with Gasteiger partial charge in [0.05, 0.1) is 31.5 Å². The van der Waals surface area contributed by atoms with Gasteiger partial charge in [0.1, 0.15) is 11.6 Å². The maximum atomic E-state index is 12.8. The largest absolute Gasteiger partial charge is 0.444 e. The minimum atomic E-state index is -0.971. The summed E-state index contributed by atoms with van der Waals surface area (Å²) in [5.74, 6) is 0. The van der Waals surface area contributed by atoms with Crippen molar-refractivity contribution < 1.29 is 33.6 Å². The number of aliphatic hydroxyl groups is 1. The van der Waals surface area contributed by atoms with Gasteiger partial charge < -0.3 is 45.6 Å². The van der Waals surface area contributed by atoms with Crippen LogP contribution in [-0.4, -0.2) is 87.0 Å². The first-order chi connectivity index (χ1) is 20.6. The normalized spacial score (nSPS) is 15.6. The zero-order chi connectivity index (χ0) is 32.3. The van der Waals surface area contributed by atoms with Crippen molar-refractivity contribution in [2.75, 3.05) is 39.5 Å². The molecule has 0 aromatic heterocycles. The molecule has 5 atom stereocenters. The van der Waals surface area contributed by atoms with Crippen LogP contribution in [0.5, 0.6) is 0 Å². The van der Waals surface area contributed by atoms with Gasteiger partial charge in [-0.25, -0.2) is 4.79 Å². The lowest BCUT2D eigenvalue weighted by atomic mass is 10.1. The highest BCUT2D eigenvalue weighted by Crippen LogP contribution is 2.15. The highest BCUT2D eigenvalue weighted by molar-refractivity contribution is 5.68. The van der Waals surface area contributed by atoms with Crippen LogP contribution < -0.4 is 16.8 Å². The number of rotatable bonds is 29. The predicted octanol–water partition coefficient (Wildman–Crippen LogP) is 5.81. The van der Waals surface area contributed by atoms with Gasteiger partial charge in [-0.05, 0) is 40.5 Å². The molecule has 0 aliphatic heterocycles. The van der Waals surface area contributed by atoms with Crippen molar-refractivity contribution in [2.24, 2.45) is 11.5 Å². The molecule has 10 nitrogen and oxygen atoms in total. The number of unbranched alkanes of at least 4 members (excludes halogenated alkanes) is 12. The molecule has 0 aromatic rings. The summed E-state index contributed by atoms with van der Waals surface area (Å²) < 4.78 is 29.9. The van der Waals surface area contributed by atoms with Gasteiger partial charge in [0, 0.05) is 26.3 Å². The first kappa shape index (κ1) is 42.0. The second kappa shape index (κ2) is 27.3. The van der Waals surface area contributed by atoms with E-state index in [2.05, 4.69) is 19.2 Å². The zero-order valence-electron chi connectivity index (χ0n) is 28.6. The Hall–Kier alpha value is -1.01. The molecule has 0 radical (unpaired) electrons. The highest BCUT2D eigenvalue weighted by atomic mass is 16.7. The third kappa shape index (κ3) is 24.9. The summed E-state index contributed by atoms with van der Waals surface area (Å²) in [6, 6.07) is -0.714. The molecular weight excluding hydrogens is 550 g/mol. The lowest BCUT2D eigenvalue weighted by Gasteiger charge is -2.34. The molecule has 0 heterocycles. The Morgan fingerprint density at radius 1 is 0.767 bits per heavy atom. The Bertz CT molecular complexity index is 636. The van der Waals surface area contributed by atoms with Gasteiger partial charge in [-0.15, -0.1) is 0 Å². The molecule has 0 spiro atoms. The van der Waals surface area contributed by atoms with E-state index in [0.29, 0.717) is 13.2 Å². The molecular formula is C33H69N3O7. The number of carbonyl (C=O) groups is 1. The smallest absolute Gasteiger partial charge is 0.408 e. The zero-order valence-corrected chi connectivity index (χ0v) is 28.6. The molecule has 43 heavy (non-hydrogen) atoms. The Labute approximate surface area is 263 Å². The van der Waals surface area contributed by atoms with Crippen LogP contribution in [0.15, 0.2) is 0 Å². The van der Waals surface area contributed by atoms with Crippen molar-refractivity contribution in [1.29, 1.82) is 0 Å². The molecule has 0 saturated carbocycles. The number of ether oxygens (including phenoxy) is 5. The van der Waals surface area contributed by atoms with E-state index in [4.69, 9.17) is 35.2 Å². The maximum absolute atomic E-state index is 12.8. The summed E-state index contributed by atoms with van der Waals surface area (Å²) in [7, 11) is 0. The molecule has 0 bridgehead atoms. The Morgan fingerprint density at radius 3 is 1.81 bits per heavy atom. The van der Waals surface area contributed by atoms with Crippen LogP contribution >= 0.6 is 0 Å². The first-order valence-electron chi connectivity index (χ1n) is 17.1. The van der Waals surface area contributed by atoms with Gasteiger partial charge in [-0.2, -0.15) is 0 Å². The summed E-state index contributed by atoms with van der Waals surface area (Å²) in [6.45, 7) is 13.2. The van der Waals surface area contributed by atoms with Gasteiger partial charge in [0.15, 0.2) is 6.29 Å². The Kier molecular flexibility index (Phi) is 26.7. The first-order valence-corrected chi connectivity index (χ1v) is 17.1. The average molecular weight is 620 g/mol. The molecule has 10 heteroatoms. The number of hydrogen-bond acceptors (Lipinski definition) is 9. The van der Waals surface area contributed by atoms with Crippen molar-refractivity contribution in [3.8, 4) is 0 Å². The van der Waals surface area contributed by atoms with Crippen molar-refractivity contribution in [3.05, 3.63) is 0 Å². The van der Waals surface area contributed by atoms with Crippen molar-refractivity contribution in [3.63, 3.8) is 0 Å². The van der Waals surface area contributed by atoms with Gasteiger partial charge in [0.25, 0.3) is 0 Å². The minimum Gasteiger partial charge on any atom is -0.444 e. The molecule has 0 aliphatic rings.